The molecule has 5 rings (SSSR count). The number of Topliss-reactive ketones (excluding diaryl/α,β-unsaturated/α-hetero) is 1. The Morgan fingerprint density at radius 3 is 2.79 bits per heavy atom. The van der Waals surface area contributed by atoms with Crippen LogP contribution in [0.3, 0.4) is 0 Å². The number of para-hydroxylation sites is 1. The minimum Gasteiger partial charge on any atom is -0.431 e. The number of hydrogen-bond donors (Lipinski definition) is 0. The Morgan fingerprint density at radius 2 is 1.96 bits per heavy atom. The number of pyridine rings is 1. The lowest BCUT2D eigenvalue weighted by atomic mass is 9.71. The Bertz CT molecular complexity index is 1140. The zero-order valence-corrected chi connectivity index (χ0v) is 16.2. The minimum absolute atomic E-state index is 0.00404. The lowest BCUT2D eigenvalue weighted by Gasteiger charge is -2.36. The summed E-state index contributed by atoms with van der Waals surface area (Å²) in [6.07, 6.45) is 2.89. The monoisotopic (exact) mass is 377 g/mol. The molecular weight excluding hydrogens is 354 g/mol. The van der Waals surface area contributed by atoms with E-state index in [4.69, 9.17) is 4.74 Å². The van der Waals surface area contributed by atoms with Gasteiger partial charge in [0.2, 0.25) is 0 Å². The molecule has 0 saturated heterocycles. The van der Waals surface area contributed by atoms with Crippen molar-refractivity contribution in [1.29, 1.82) is 0 Å². The number of nitrogens with zero attached hydrogens (tertiary/aromatic N) is 1. The van der Waals surface area contributed by atoms with Gasteiger partial charge >= 0.3 is 5.97 Å². The lowest BCUT2D eigenvalue weighted by molar-refractivity contribution is -0.142. The molecule has 5 heteroatoms. The highest BCUT2D eigenvalue weighted by molar-refractivity contribution is 6.01. The summed E-state index contributed by atoms with van der Waals surface area (Å²) in [6.45, 7) is 4.68. The van der Waals surface area contributed by atoms with Gasteiger partial charge in [0.05, 0.1) is 11.9 Å². The van der Waals surface area contributed by atoms with E-state index < -0.39 is 5.92 Å². The molecule has 0 unspecified atom stereocenters. The van der Waals surface area contributed by atoms with Crippen LogP contribution in [0, 0.1) is 5.41 Å². The maximum Gasteiger partial charge on any atom is 0.311 e. The van der Waals surface area contributed by atoms with Gasteiger partial charge in [-0.1, -0.05) is 32.0 Å². The third kappa shape index (κ3) is 2.56. The van der Waals surface area contributed by atoms with Crippen LogP contribution in [-0.4, -0.2) is 16.3 Å². The van der Waals surface area contributed by atoms with Crippen molar-refractivity contribution in [2.75, 3.05) is 0 Å². The number of esters is 1. The zero-order chi connectivity index (χ0) is 19.6. The van der Waals surface area contributed by atoms with Gasteiger partial charge in [-0.2, -0.15) is 0 Å². The molecule has 0 amide bonds. The molecule has 3 aliphatic rings. The van der Waals surface area contributed by atoms with E-state index in [1.807, 2.05) is 36.6 Å². The van der Waals surface area contributed by atoms with Gasteiger partial charge < -0.3 is 9.30 Å². The van der Waals surface area contributed by atoms with Crippen LogP contribution in [0.15, 0.2) is 40.4 Å². The van der Waals surface area contributed by atoms with Crippen LogP contribution in [0.4, 0.5) is 0 Å². The summed E-state index contributed by atoms with van der Waals surface area (Å²) >= 11 is 0. The van der Waals surface area contributed by atoms with Crippen molar-refractivity contribution in [3.63, 3.8) is 0 Å². The molecule has 0 saturated carbocycles. The maximum absolute atomic E-state index is 13.4. The van der Waals surface area contributed by atoms with Crippen LogP contribution in [0.2, 0.25) is 0 Å². The van der Waals surface area contributed by atoms with Gasteiger partial charge in [-0.15, -0.1) is 0 Å². The van der Waals surface area contributed by atoms with E-state index in [2.05, 4.69) is 6.07 Å². The molecule has 1 aliphatic carbocycles. The van der Waals surface area contributed by atoms with E-state index >= 15 is 0 Å². The Labute approximate surface area is 163 Å². The maximum atomic E-state index is 13.4. The molecule has 144 valence electrons. The fourth-order valence-corrected chi connectivity index (χ4v) is 5.11. The fraction of sp³-hybridized carbons (Fsp3) is 0.435. The number of hydrogen-bond acceptors (Lipinski definition) is 4. The topological polar surface area (TPSA) is 65.4 Å². The Balaban J connectivity index is 1.74. The molecule has 0 N–H and O–H groups in total. The molecule has 1 atom stereocenters. The first kappa shape index (κ1) is 17.4. The Kier molecular flexibility index (Phi) is 3.67. The van der Waals surface area contributed by atoms with Crippen LogP contribution in [-0.2, 0) is 27.3 Å². The standard InChI is InChI=1S/C23H23NO4/c1-23(2)11-17(25)20-15(10-19(26)28-18(20)12-23)16-9-14-6-3-5-13-7-4-8-24(21(13)14)22(16)27/h3,5-6,9,15H,4,7-8,10-12H2,1-2H3/t15-/m1/s1. The van der Waals surface area contributed by atoms with E-state index in [1.54, 1.807) is 0 Å². The van der Waals surface area contributed by atoms with Gasteiger partial charge in [0, 0.05) is 36.4 Å². The smallest absolute Gasteiger partial charge is 0.311 e. The summed E-state index contributed by atoms with van der Waals surface area (Å²) in [5, 5.41) is 0.997. The molecule has 5 nitrogen and oxygen atoms in total. The normalized spacial score (nSPS) is 23.6. The molecule has 0 spiro atoms. The summed E-state index contributed by atoms with van der Waals surface area (Å²) in [6, 6.07) is 7.98. The van der Waals surface area contributed by atoms with Crippen molar-refractivity contribution in [3.8, 4) is 0 Å². The SMILES string of the molecule is CC1(C)CC(=O)C2=C(C1)OC(=O)C[C@@H]2c1cc2cccc3c2n(c1=O)CCC3. The summed E-state index contributed by atoms with van der Waals surface area (Å²) < 4.78 is 7.31. The van der Waals surface area contributed by atoms with Crippen LogP contribution in [0.25, 0.3) is 10.9 Å². The van der Waals surface area contributed by atoms with E-state index in [0.29, 0.717) is 36.3 Å². The number of carbonyl (C=O) groups is 2. The number of benzene rings is 1. The highest BCUT2D eigenvalue weighted by Gasteiger charge is 2.43. The minimum atomic E-state index is -0.508. The van der Waals surface area contributed by atoms with E-state index in [9.17, 15) is 14.4 Å². The number of carbonyl (C=O) groups excluding carboxylic acids is 2. The van der Waals surface area contributed by atoms with Gasteiger partial charge in [0.15, 0.2) is 5.78 Å². The quantitative estimate of drug-likeness (QED) is 0.712. The van der Waals surface area contributed by atoms with E-state index in [0.717, 1.165) is 23.7 Å². The molecule has 0 bridgehead atoms. The third-order valence-corrected chi connectivity index (χ3v) is 6.26. The predicted octanol–water partition coefficient (Wildman–Crippen LogP) is 3.62. The zero-order valence-electron chi connectivity index (χ0n) is 16.2. The number of ether oxygens (including phenoxy) is 1. The number of ketones is 1. The average molecular weight is 377 g/mol. The van der Waals surface area contributed by atoms with Crippen molar-refractivity contribution >= 4 is 22.7 Å². The Morgan fingerprint density at radius 1 is 1.14 bits per heavy atom. The molecule has 3 heterocycles. The molecule has 2 aliphatic heterocycles. The summed E-state index contributed by atoms with van der Waals surface area (Å²) in [4.78, 5) is 38.7. The van der Waals surface area contributed by atoms with Crippen LogP contribution in [0.5, 0.6) is 0 Å². The number of rotatable bonds is 1. The molecule has 1 aromatic carbocycles. The van der Waals surface area contributed by atoms with Crippen LogP contribution >= 0.6 is 0 Å². The van der Waals surface area contributed by atoms with Gasteiger partial charge in [-0.05, 0) is 35.3 Å². The first-order valence-corrected chi connectivity index (χ1v) is 9.96. The summed E-state index contributed by atoms with van der Waals surface area (Å²) in [7, 11) is 0. The van der Waals surface area contributed by atoms with Crippen molar-refractivity contribution in [3.05, 3.63) is 57.1 Å². The van der Waals surface area contributed by atoms with E-state index in [-0.39, 0.29) is 29.1 Å². The van der Waals surface area contributed by atoms with Gasteiger partial charge in [-0.25, -0.2) is 0 Å². The second-order valence-corrected chi connectivity index (χ2v) is 9.02. The fourth-order valence-electron chi connectivity index (χ4n) is 5.11. The highest BCUT2D eigenvalue weighted by atomic mass is 16.5. The molecule has 28 heavy (non-hydrogen) atoms. The van der Waals surface area contributed by atoms with Crippen molar-refractivity contribution in [1.82, 2.24) is 4.57 Å². The number of aryl methyl sites for hydroxylation is 2. The van der Waals surface area contributed by atoms with E-state index in [1.165, 1.54) is 5.56 Å². The molecular formula is C23H23NO4. The summed E-state index contributed by atoms with van der Waals surface area (Å²) in [5.41, 5.74) is 2.94. The predicted molar refractivity (Wildman–Crippen MR) is 105 cm³/mol. The van der Waals surface area contributed by atoms with Crippen molar-refractivity contribution < 1.29 is 14.3 Å². The molecule has 2 aromatic rings. The van der Waals surface area contributed by atoms with Crippen molar-refractivity contribution in [2.24, 2.45) is 5.41 Å². The molecule has 1 aromatic heterocycles. The van der Waals surface area contributed by atoms with Crippen molar-refractivity contribution in [2.45, 2.75) is 58.4 Å². The largest absolute Gasteiger partial charge is 0.431 e. The second-order valence-electron chi connectivity index (χ2n) is 9.02. The third-order valence-electron chi connectivity index (χ3n) is 6.26. The first-order valence-electron chi connectivity index (χ1n) is 9.96. The van der Waals surface area contributed by atoms with Gasteiger partial charge in [-0.3, -0.25) is 14.4 Å². The first-order chi connectivity index (χ1) is 13.3. The van der Waals surface area contributed by atoms with Gasteiger partial charge in [0.1, 0.15) is 5.76 Å². The summed E-state index contributed by atoms with van der Waals surface area (Å²) in [5.74, 6) is -0.405. The number of allylic oxidation sites excluding steroid dienone is 2. The average Bonchev–Trinajstić information content (AvgIpc) is 2.62. The van der Waals surface area contributed by atoms with Crippen LogP contribution < -0.4 is 5.56 Å². The van der Waals surface area contributed by atoms with Gasteiger partial charge in [0.25, 0.3) is 5.56 Å². The van der Waals surface area contributed by atoms with Crippen LogP contribution in [0.1, 0.15) is 56.6 Å². The molecule has 0 radical (unpaired) electrons. The number of aromatic nitrogens is 1. The Hall–Kier alpha value is -2.69. The highest BCUT2D eigenvalue weighted by Crippen LogP contribution is 2.45. The molecule has 0 fully saturated rings. The lowest BCUT2D eigenvalue weighted by Crippen LogP contribution is -2.37. The second kappa shape index (κ2) is 5.90.